The van der Waals surface area contributed by atoms with Gasteiger partial charge in [-0.15, -0.1) is 11.3 Å². The highest BCUT2D eigenvalue weighted by Gasteiger charge is 2.20. The zero-order valence-corrected chi connectivity index (χ0v) is 12.7. The molecule has 0 unspecified atom stereocenters. The van der Waals surface area contributed by atoms with E-state index in [4.69, 9.17) is 0 Å². The fourth-order valence-electron chi connectivity index (χ4n) is 1.69. The molecule has 0 bridgehead atoms. The van der Waals surface area contributed by atoms with Crippen LogP contribution in [0.2, 0.25) is 0 Å². The van der Waals surface area contributed by atoms with Gasteiger partial charge in [0.15, 0.2) is 23.2 Å². The Labute approximate surface area is 124 Å². The molecule has 0 aliphatic carbocycles. The van der Waals surface area contributed by atoms with E-state index in [-0.39, 0.29) is 17.4 Å². The summed E-state index contributed by atoms with van der Waals surface area (Å²) in [5.41, 5.74) is 0.525. The van der Waals surface area contributed by atoms with Crippen molar-refractivity contribution in [3.8, 4) is 0 Å². The molecule has 2 aromatic rings. The van der Waals surface area contributed by atoms with Crippen LogP contribution in [-0.4, -0.2) is 10.8 Å². The molecule has 112 valence electrons. The van der Waals surface area contributed by atoms with Crippen LogP contribution < -0.4 is 0 Å². The normalized spacial score (nSPS) is 11.7. The molecule has 1 aromatic heterocycles. The van der Waals surface area contributed by atoms with E-state index in [0.29, 0.717) is 17.1 Å². The van der Waals surface area contributed by atoms with Crippen molar-refractivity contribution in [2.75, 3.05) is 0 Å². The number of halogens is 3. The molecule has 0 amide bonds. The molecule has 21 heavy (non-hydrogen) atoms. The number of carbonyl (C=O) groups excluding carboxylic acids is 1. The van der Waals surface area contributed by atoms with Gasteiger partial charge < -0.3 is 0 Å². The smallest absolute Gasteiger partial charge is 0.194 e. The van der Waals surface area contributed by atoms with Crippen molar-refractivity contribution < 1.29 is 18.0 Å². The average molecular weight is 313 g/mol. The molecule has 0 aliphatic rings. The Balaban J connectivity index is 2.20. The van der Waals surface area contributed by atoms with Gasteiger partial charge in [-0.2, -0.15) is 0 Å². The maximum absolute atomic E-state index is 13.1. The lowest BCUT2D eigenvalue weighted by molar-refractivity contribution is 0.0991. The molecule has 2 nitrogen and oxygen atoms in total. The monoisotopic (exact) mass is 313 g/mol. The van der Waals surface area contributed by atoms with Crippen LogP contribution in [0, 0.1) is 17.5 Å². The standard InChI is InChI=1S/C15H14F3NOS/c1-15(2,3)12-7-21-13(19-12)6-11(20)8-4-9(16)14(18)10(17)5-8/h4-5,7H,6H2,1-3H3. The molecule has 2 rings (SSSR count). The van der Waals surface area contributed by atoms with E-state index < -0.39 is 23.2 Å². The molecule has 6 heteroatoms. The third-order valence-electron chi connectivity index (χ3n) is 2.94. The van der Waals surface area contributed by atoms with Gasteiger partial charge >= 0.3 is 0 Å². The summed E-state index contributed by atoms with van der Waals surface area (Å²) < 4.78 is 39.1. The Kier molecular flexibility index (Phi) is 4.18. The van der Waals surface area contributed by atoms with E-state index in [2.05, 4.69) is 4.98 Å². The largest absolute Gasteiger partial charge is 0.294 e. The highest BCUT2D eigenvalue weighted by atomic mass is 32.1. The van der Waals surface area contributed by atoms with Crippen molar-refractivity contribution in [2.45, 2.75) is 32.6 Å². The lowest BCUT2D eigenvalue weighted by Crippen LogP contribution is -2.12. The van der Waals surface area contributed by atoms with E-state index in [9.17, 15) is 18.0 Å². The molecular formula is C15H14F3NOS. The minimum Gasteiger partial charge on any atom is -0.294 e. The lowest BCUT2D eigenvalue weighted by Gasteiger charge is -2.14. The van der Waals surface area contributed by atoms with E-state index >= 15 is 0 Å². The van der Waals surface area contributed by atoms with Crippen molar-refractivity contribution in [1.29, 1.82) is 0 Å². The van der Waals surface area contributed by atoms with Crippen molar-refractivity contribution in [2.24, 2.45) is 0 Å². The van der Waals surface area contributed by atoms with Crippen LogP contribution in [0.4, 0.5) is 13.2 Å². The Morgan fingerprint density at radius 1 is 1.19 bits per heavy atom. The maximum atomic E-state index is 13.1. The van der Waals surface area contributed by atoms with Gasteiger partial charge in [-0.3, -0.25) is 4.79 Å². The van der Waals surface area contributed by atoms with Crippen LogP contribution >= 0.6 is 11.3 Å². The summed E-state index contributed by atoms with van der Waals surface area (Å²) in [5, 5.41) is 2.42. The Hall–Kier alpha value is -1.69. The predicted molar refractivity (Wildman–Crippen MR) is 75.2 cm³/mol. The molecule has 0 spiro atoms. The Morgan fingerprint density at radius 3 is 2.24 bits per heavy atom. The number of hydrogen-bond donors (Lipinski definition) is 0. The Bertz CT molecular complexity index is 665. The number of Topliss-reactive ketones (excluding diaryl/α,β-unsaturated/α-hetero) is 1. The first-order valence-electron chi connectivity index (χ1n) is 6.31. The number of benzene rings is 1. The molecule has 1 aromatic carbocycles. The summed E-state index contributed by atoms with van der Waals surface area (Å²) in [7, 11) is 0. The van der Waals surface area contributed by atoms with E-state index in [1.54, 1.807) is 0 Å². The first-order valence-corrected chi connectivity index (χ1v) is 7.19. The number of ketones is 1. The number of rotatable bonds is 3. The quantitative estimate of drug-likeness (QED) is 0.625. The van der Waals surface area contributed by atoms with Crippen LogP contribution in [0.1, 0.15) is 41.8 Å². The third-order valence-corrected chi connectivity index (χ3v) is 3.79. The molecule has 1 heterocycles. The summed E-state index contributed by atoms with van der Waals surface area (Å²) in [5.74, 6) is -4.81. The van der Waals surface area contributed by atoms with Gasteiger partial charge in [0.2, 0.25) is 0 Å². The van der Waals surface area contributed by atoms with E-state index in [0.717, 1.165) is 5.69 Å². The lowest BCUT2D eigenvalue weighted by atomic mass is 9.93. The van der Waals surface area contributed by atoms with E-state index in [1.165, 1.54) is 11.3 Å². The Morgan fingerprint density at radius 2 is 1.76 bits per heavy atom. The van der Waals surface area contributed by atoms with Crippen molar-refractivity contribution in [3.05, 3.63) is 51.2 Å². The predicted octanol–water partition coefficient (Wildman–Crippen LogP) is 4.28. The fraction of sp³-hybridized carbons (Fsp3) is 0.333. The van der Waals surface area contributed by atoms with Crippen molar-refractivity contribution >= 4 is 17.1 Å². The molecule has 0 saturated carbocycles. The zero-order valence-electron chi connectivity index (χ0n) is 11.8. The van der Waals surface area contributed by atoms with Gasteiger partial charge in [0, 0.05) is 16.4 Å². The second-order valence-electron chi connectivity index (χ2n) is 5.73. The van der Waals surface area contributed by atoms with Gasteiger partial charge in [0.1, 0.15) is 5.01 Å². The molecule has 0 saturated heterocycles. The molecule has 0 aliphatic heterocycles. The second kappa shape index (κ2) is 5.60. The maximum Gasteiger partial charge on any atom is 0.194 e. The van der Waals surface area contributed by atoms with Crippen molar-refractivity contribution in [1.82, 2.24) is 4.98 Å². The minimum atomic E-state index is -1.57. The number of thiazole rings is 1. The highest BCUT2D eigenvalue weighted by molar-refractivity contribution is 7.09. The SMILES string of the molecule is CC(C)(C)c1csc(CC(=O)c2cc(F)c(F)c(F)c2)n1. The van der Waals surface area contributed by atoms with Gasteiger partial charge in [0.25, 0.3) is 0 Å². The van der Waals surface area contributed by atoms with Gasteiger partial charge in [-0.05, 0) is 12.1 Å². The first kappa shape index (κ1) is 15.7. The minimum absolute atomic E-state index is 0.0642. The topological polar surface area (TPSA) is 30.0 Å². The van der Waals surface area contributed by atoms with Crippen LogP contribution in [0.15, 0.2) is 17.5 Å². The van der Waals surface area contributed by atoms with Gasteiger partial charge in [-0.1, -0.05) is 20.8 Å². The molecule has 0 radical (unpaired) electrons. The summed E-state index contributed by atoms with van der Waals surface area (Å²) in [6, 6.07) is 1.41. The summed E-state index contributed by atoms with van der Waals surface area (Å²) in [6.45, 7) is 6.00. The van der Waals surface area contributed by atoms with Gasteiger partial charge in [0.05, 0.1) is 12.1 Å². The molecule has 0 N–H and O–H groups in total. The van der Waals surface area contributed by atoms with Crippen molar-refractivity contribution in [3.63, 3.8) is 0 Å². The zero-order chi connectivity index (χ0) is 15.8. The van der Waals surface area contributed by atoms with Gasteiger partial charge in [-0.25, -0.2) is 18.2 Å². The highest BCUT2D eigenvalue weighted by Crippen LogP contribution is 2.25. The second-order valence-corrected chi connectivity index (χ2v) is 6.67. The van der Waals surface area contributed by atoms with Crippen LogP contribution in [0.25, 0.3) is 0 Å². The summed E-state index contributed by atoms with van der Waals surface area (Å²) >= 11 is 1.32. The van der Waals surface area contributed by atoms with Crippen LogP contribution in [0.3, 0.4) is 0 Å². The molecule has 0 atom stereocenters. The van der Waals surface area contributed by atoms with E-state index in [1.807, 2.05) is 26.2 Å². The number of aromatic nitrogens is 1. The number of hydrogen-bond acceptors (Lipinski definition) is 3. The summed E-state index contributed by atoms with van der Waals surface area (Å²) in [6.07, 6.45) is -0.0642. The first-order chi connectivity index (χ1) is 9.68. The summed E-state index contributed by atoms with van der Waals surface area (Å²) in [4.78, 5) is 16.3. The number of carbonyl (C=O) groups is 1. The average Bonchev–Trinajstić information content (AvgIpc) is 2.83. The fourth-order valence-corrected chi connectivity index (χ4v) is 2.71. The third kappa shape index (κ3) is 3.50. The molecular weight excluding hydrogens is 299 g/mol. The van der Waals surface area contributed by atoms with Crippen LogP contribution in [0.5, 0.6) is 0 Å². The number of nitrogens with zero attached hydrogens (tertiary/aromatic N) is 1. The molecule has 0 fully saturated rings. The van der Waals surface area contributed by atoms with Crippen LogP contribution in [-0.2, 0) is 11.8 Å².